The monoisotopic (exact) mass is 272 g/mol. The molecule has 1 saturated heterocycles. The van der Waals surface area contributed by atoms with E-state index in [9.17, 15) is 9.59 Å². The second-order valence-corrected chi connectivity index (χ2v) is 5.19. The first-order valence-corrected chi connectivity index (χ1v) is 6.67. The molecular weight excluding hydrogens is 248 g/mol. The summed E-state index contributed by atoms with van der Waals surface area (Å²) < 4.78 is 10.0. The number of esters is 1. The maximum atomic E-state index is 12.0. The van der Waals surface area contributed by atoms with Crippen LogP contribution in [0.3, 0.4) is 0 Å². The van der Waals surface area contributed by atoms with Crippen LogP contribution in [0.5, 0.6) is 0 Å². The molecule has 2 atom stereocenters. The molecule has 0 radical (unpaired) electrons. The van der Waals surface area contributed by atoms with Crippen molar-refractivity contribution in [2.45, 2.75) is 32.9 Å². The highest BCUT2D eigenvalue weighted by molar-refractivity contribution is 5.81. The number of hydrogen-bond acceptors (Lipinski definition) is 5. The number of morpholine rings is 1. The third-order valence-corrected chi connectivity index (χ3v) is 3.17. The summed E-state index contributed by atoms with van der Waals surface area (Å²) in [6, 6.07) is -0.269. The van der Waals surface area contributed by atoms with Gasteiger partial charge in [0.1, 0.15) is 0 Å². The molecule has 1 aliphatic rings. The largest absolute Gasteiger partial charge is 0.467 e. The van der Waals surface area contributed by atoms with Gasteiger partial charge >= 0.3 is 5.97 Å². The average molecular weight is 272 g/mol. The summed E-state index contributed by atoms with van der Waals surface area (Å²) in [5.74, 6) is 0.0161. The fourth-order valence-corrected chi connectivity index (χ4v) is 1.91. The smallest absolute Gasteiger partial charge is 0.336 e. The van der Waals surface area contributed by atoms with E-state index in [0.29, 0.717) is 32.2 Å². The lowest BCUT2D eigenvalue weighted by Gasteiger charge is -2.34. The second-order valence-electron chi connectivity index (χ2n) is 5.19. The van der Waals surface area contributed by atoms with Gasteiger partial charge in [0, 0.05) is 19.6 Å². The van der Waals surface area contributed by atoms with E-state index < -0.39 is 6.10 Å². The van der Waals surface area contributed by atoms with Crippen molar-refractivity contribution in [2.75, 3.05) is 33.4 Å². The lowest BCUT2D eigenvalue weighted by molar-refractivity contribution is -0.161. The Labute approximate surface area is 114 Å². The quantitative estimate of drug-likeness (QED) is 0.715. The van der Waals surface area contributed by atoms with Crippen molar-refractivity contribution < 1.29 is 19.1 Å². The molecule has 0 aromatic rings. The Balaban J connectivity index is 2.49. The van der Waals surface area contributed by atoms with E-state index in [1.165, 1.54) is 7.11 Å². The lowest BCUT2D eigenvalue weighted by atomic mass is 10.2. The molecule has 2 unspecified atom stereocenters. The van der Waals surface area contributed by atoms with Gasteiger partial charge in [-0.15, -0.1) is 0 Å². The second kappa shape index (κ2) is 7.45. The molecule has 1 heterocycles. The Kier molecular flexibility index (Phi) is 6.24. The highest BCUT2D eigenvalue weighted by Crippen LogP contribution is 2.10. The summed E-state index contributed by atoms with van der Waals surface area (Å²) >= 11 is 0. The van der Waals surface area contributed by atoms with E-state index in [0.717, 1.165) is 0 Å². The van der Waals surface area contributed by atoms with Crippen LogP contribution in [0.4, 0.5) is 0 Å². The van der Waals surface area contributed by atoms with Gasteiger partial charge in [0.15, 0.2) is 6.10 Å². The number of nitrogens with one attached hydrogen (secondary N) is 1. The van der Waals surface area contributed by atoms with Crippen LogP contribution in [0.2, 0.25) is 0 Å². The van der Waals surface area contributed by atoms with E-state index >= 15 is 0 Å². The summed E-state index contributed by atoms with van der Waals surface area (Å²) in [5, 5.41) is 2.90. The van der Waals surface area contributed by atoms with Crippen LogP contribution < -0.4 is 5.32 Å². The van der Waals surface area contributed by atoms with Gasteiger partial charge in [-0.1, -0.05) is 13.8 Å². The van der Waals surface area contributed by atoms with E-state index in [-0.39, 0.29) is 17.9 Å². The standard InChI is InChI=1S/C13H24N2O4/c1-9(2)7-14-12(16)10(3)15-5-6-19-11(8-15)13(17)18-4/h9-11H,5-8H2,1-4H3,(H,14,16). The molecule has 0 aliphatic carbocycles. The first-order valence-electron chi connectivity index (χ1n) is 6.67. The zero-order valence-corrected chi connectivity index (χ0v) is 12.1. The molecule has 0 aromatic carbocycles. The molecule has 1 amide bonds. The van der Waals surface area contributed by atoms with Gasteiger partial charge < -0.3 is 14.8 Å². The van der Waals surface area contributed by atoms with Gasteiger partial charge in [0.05, 0.1) is 19.8 Å². The van der Waals surface area contributed by atoms with Crippen LogP contribution in [-0.4, -0.2) is 62.3 Å². The number of amides is 1. The molecule has 110 valence electrons. The third kappa shape index (κ3) is 4.80. The molecule has 1 aliphatic heterocycles. The molecule has 0 bridgehead atoms. The maximum Gasteiger partial charge on any atom is 0.336 e. The minimum Gasteiger partial charge on any atom is -0.467 e. The topological polar surface area (TPSA) is 67.9 Å². The number of methoxy groups -OCH3 is 1. The van der Waals surface area contributed by atoms with Crippen molar-refractivity contribution in [1.29, 1.82) is 0 Å². The normalized spacial score (nSPS) is 22.1. The molecule has 0 aromatic heterocycles. The Bertz CT molecular complexity index is 320. The lowest BCUT2D eigenvalue weighted by Crippen LogP contribution is -2.54. The van der Waals surface area contributed by atoms with Crippen LogP contribution in [0.1, 0.15) is 20.8 Å². The first-order chi connectivity index (χ1) is 8.95. The van der Waals surface area contributed by atoms with E-state index in [2.05, 4.69) is 10.1 Å². The minimum atomic E-state index is -0.598. The molecule has 0 saturated carbocycles. The van der Waals surface area contributed by atoms with Crippen molar-refractivity contribution in [3.63, 3.8) is 0 Å². The maximum absolute atomic E-state index is 12.0. The fraction of sp³-hybridized carbons (Fsp3) is 0.846. The Morgan fingerprint density at radius 1 is 1.42 bits per heavy atom. The van der Waals surface area contributed by atoms with Crippen molar-refractivity contribution in [1.82, 2.24) is 10.2 Å². The summed E-state index contributed by atoms with van der Waals surface area (Å²) in [6.07, 6.45) is -0.598. The number of carbonyl (C=O) groups is 2. The number of carbonyl (C=O) groups excluding carboxylic acids is 2. The molecule has 1 rings (SSSR count). The van der Waals surface area contributed by atoms with Gasteiger partial charge in [-0.05, 0) is 12.8 Å². The van der Waals surface area contributed by atoms with Crippen LogP contribution in [0, 0.1) is 5.92 Å². The van der Waals surface area contributed by atoms with Gasteiger partial charge in [-0.25, -0.2) is 4.79 Å². The number of nitrogens with zero attached hydrogens (tertiary/aromatic N) is 1. The van der Waals surface area contributed by atoms with Gasteiger partial charge in [-0.3, -0.25) is 9.69 Å². The van der Waals surface area contributed by atoms with Crippen LogP contribution in [0.25, 0.3) is 0 Å². The number of hydrogen-bond donors (Lipinski definition) is 1. The predicted molar refractivity (Wildman–Crippen MR) is 70.6 cm³/mol. The van der Waals surface area contributed by atoms with Crippen LogP contribution in [0.15, 0.2) is 0 Å². The molecule has 1 fully saturated rings. The number of ether oxygens (including phenoxy) is 2. The molecule has 19 heavy (non-hydrogen) atoms. The predicted octanol–water partition coefficient (Wildman–Crippen LogP) is 0.0209. The summed E-state index contributed by atoms with van der Waals surface area (Å²) in [4.78, 5) is 25.4. The Morgan fingerprint density at radius 3 is 2.68 bits per heavy atom. The zero-order chi connectivity index (χ0) is 14.4. The van der Waals surface area contributed by atoms with Crippen LogP contribution >= 0.6 is 0 Å². The minimum absolute atomic E-state index is 0.0146. The first kappa shape index (κ1) is 15.9. The Hall–Kier alpha value is -1.14. The summed E-state index contributed by atoms with van der Waals surface area (Å²) in [7, 11) is 1.34. The van der Waals surface area contributed by atoms with Crippen molar-refractivity contribution >= 4 is 11.9 Å². The van der Waals surface area contributed by atoms with E-state index in [1.54, 1.807) is 0 Å². The summed E-state index contributed by atoms with van der Waals surface area (Å²) in [6.45, 7) is 8.07. The van der Waals surface area contributed by atoms with Gasteiger partial charge in [0.25, 0.3) is 0 Å². The highest BCUT2D eigenvalue weighted by Gasteiger charge is 2.31. The molecule has 6 heteroatoms. The summed E-state index contributed by atoms with van der Waals surface area (Å²) in [5.41, 5.74) is 0. The number of rotatable bonds is 5. The Morgan fingerprint density at radius 2 is 2.11 bits per heavy atom. The molecular formula is C13H24N2O4. The third-order valence-electron chi connectivity index (χ3n) is 3.17. The SMILES string of the molecule is COC(=O)C1CN(C(C)C(=O)NCC(C)C)CCO1. The molecule has 1 N–H and O–H groups in total. The van der Waals surface area contributed by atoms with E-state index in [1.807, 2.05) is 25.7 Å². The average Bonchev–Trinajstić information content (AvgIpc) is 2.43. The van der Waals surface area contributed by atoms with Crippen molar-refractivity contribution in [2.24, 2.45) is 5.92 Å². The van der Waals surface area contributed by atoms with Crippen molar-refractivity contribution in [3.8, 4) is 0 Å². The molecule has 6 nitrogen and oxygen atoms in total. The van der Waals surface area contributed by atoms with Gasteiger partial charge in [-0.2, -0.15) is 0 Å². The van der Waals surface area contributed by atoms with Crippen molar-refractivity contribution in [3.05, 3.63) is 0 Å². The fourth-order valence-electron chi connectivity index (χ4n) is 1.91. The van der Waals surface area contributed by atoms with Crippen LogP contribution in [-0.2, 0) is 19.1 Å². The van der Waals surface area contributed by atoms with Gasteiger partial charge in [0.2, 0.25) is 5.91 Å². The van der Waals surface area contributed by atoms with E-state index in [4.69, 9.17) is 4.74 Å². The zero-order valence-electron chi connectivity index (χ0n) is 12.1. The highest BCUT2D eigenvalue weighted by atomic mass is 16.6. The molecule has 0 spiro atoms.